The molecule has 1 spiro atoms. The Bertz CT molecular complexity index is 1080. The molecule has 3 aliphatic rings. The second kappa shape index (κ2) is 10.7. The Labute approximate surface area is 214 Å². The molecule has 2 fully saturated rings. The fourth-order valence-corrected chi connectivity index (χ4v) is 7.11. The van der Waals surface area contributed by atoms with Gasteiger partial charge in [0.1, 0.15) is 5.75 Å². The zero-order valence-electron chi connectivity index (χ0n) is 21.6. The van der Waals surface area contributed by atoms with E-state index in [0.29, 0.717) is 30.4 Å². The van der Waals surface area contributed by atoms with Crippen molar-refractivity contribution in [2.45, 2.75) is 63.8 Å². The van der Waals surface area contributed by atoms with Crippen LogP contribution in [0.3, 0.4) is 0 Å². The molecule has 200 valence electrons. The van der Waals surface area contributed by atoms with Crippen molar-refractivity contribution in [2.24, 2.45) is 23.5 Å². The number of nitrogens with zero attached hydrogens (tertiary/aromatic N) is 1. The van der Waals surface area contributed by atoms with E-state index in [9.17, 15) is 18.0 Å². The Kier molecular flexibility index (Phi) is 7.97. The number of amides is 2. The molecule has 1 aromatic carbocycles. The van der Waals surface area contributed by atoms with Crippen molar-refractivity contribution in [3.63, 3.8) is 0 Å². The molecule has 1 saturated carbocycles. The van der Waals surface area contributed by atoms with E-state index in [4.69, 9.17) is 10.5 Å². The maximum atomic E-state index is 14.3. The van der Waals surface area contributed by atoms with E-state index in [1.807, 2.05) is 17.0 Å². The standard InChI is InChI=1S/C26H40N4O5S/c1-17(2)18-4-6-19(7-5-18)23-21-16-20(35-25(27)32)8-9-22(21)26(10-12-28-13-11-26)24(31)30(23)15-14-29-36(3,33)34/h8-9,16-19,23,28-29H,4-7,10-15H2,1-3H3,(H2,27,32). The molecule has 0 radical (unpaired) electrons. The highest BCUT2D eigenvalue weighted by Gasteiger charge is 2.52. The fraction of sp³-hybridized carbons (Fsp3) is 0.692. The Morgan fingerprint density at radius 3 is 2.47 bits per heavy atom. The van der Waals surface area contributed by atoms with E-state index >= 15 is 0 Å². The monoisotopic (exact) mass is 520 g/mol. The number of nitrogens with two attached hydrogens (primary N) is 1. The summed E-state index contributed by atoms with van der Waals surface area (Å²) in [5, 5.41) is 3.36. The summed E-state index contributed by atoms with van der Waals surface area (Å²) >= 11 is 0. The van der Waals surface area contributed by atoms with Crippen molar-refractivity contribution >= 4 is 22.0 Å². The number of ether oxygens (including phenoxy) is 1. The van der Waals surface area contributed by atoms with E-state index in [-0.39, 0.29) is 31.0 Å². The first-order valence-electron chi connectivity index (χ1n) is 13.1. The Morgan fingerprint density at radius 2 is 1.89 bits per heavy atom. The quantitative estimate of drug-likeness (QED) is 0.507. The highest BCUT2D eigenvalue weighted by molar-refractivity contribution is 7.88. The maximum Gasteiger partial charge on any atom is 0.409 e. The molecule has 1 aromatic rings. The fourth-order valence-electron chi connectivity index (χ4n) is 6.65. The third-order valence-electron chi connectivity index (χ3n) is 8.46. The first kappa shape index (κ1) is 26.9. The average molecular weight is 521 g/mol. The van der Waals surface area contributed by atoms with Gasteiger partial charge in [0.2, 0.25) is 15.9 Å². The summed E-state index contributed by atoms with van der Waals surface area (Å²) in [6, 6.07) is 5.34. The summed E-state index contributed by atoms with van der Waals surface area (Å²) in [5.41, 5.74) is 6.65. The number of hydrogen-bond acceptors (Lipinski definition) is 6. The molecular formula is C26H40N4O5S. The molecule has 0 bridgehead atoms. The van der Waals surface area contributed by atoms with E-state index < -0.39 is 21.5 Å². The van der Waals surface area contributed by atoms with Gasteiger partial charge in [0.15, 0.2) is 0 Å². The Morgan fingerprint density at radius 1 is 1.22 bits per heavy atom. The van der Waals surface area contributed by atoms with Crippen molar-refractivity contribution in [3.8, 4) is 5.75 Å². The van der Waals surface area contributed by atoms with E-state index in [2.05, 4.69) is 23.9 Å². The molecule has 0 aromatic heterocycles. The zero-order valence-corrected chi connectivity index (χ0v) is 22.4. The number of rotatable bonds is 7. The molecule has 1 aliphatic carbocycles. The molecule has 4 rings (SSSR count). The van der Waals surface area contributed by atoms with Crippen LogP contribution in [0.15, 0.2) is 18.2 Å². The van der Waals surface area contributed by atoms with Crippen LogP contribution in [0.2, 0.25) is 0 Å². The second-order valence-corrected chi connectivity index (χ2v) is 12.9. The number of benzene rings is 1. The van der Waals surface area contributed by atoms with Crippen LogP contribution in [-0.2, 0) is 20.2 Å². The Hall–Kier alpha value is -2.17. The summed E-state index contributed by atoms with van der Waals surface area (Å²) in [6.45, 7) is 6.43. The molecule has 4 N–H and O–H groups in total. The molecule has 10 heteroatoms. The van der Waals surface area contributed by atoms with Crippen LogP contribution in [0, 0.1) is 17.8 Å². The van der Waals surface area contributed by atoms with Gasteiger partial charge in [0.25, 0.3) is 0 Å². The van der Waals surface area contributed by atoms with Gasteiger partial charge in [0, 0.05) is 13.1 Å². The minimum Gasteiger partial charge on any atom is -0.410 e. The van der Waals surface area contributed by atoms with Gasteiger partial charge < -0.3 is 20.7 Å². The summed E-state index contributed by atoms with van der Waals surface area (Å²) in [5.74, 6) is 1.97. The van der Waals surface area contributed by atoms with Crippen LogP contribution in [0.25, 0.3) is 0 Å². The van der Waals surface area contributed by atoms with Crippen LogP contribution in [-0.4, -0.2) is 57.8 Å². The van der Waals surface area contributed by atoms with Crippen LogP contribution in [0.4, 0.5) is 4.79 Å². The lowest BCUT2D eigenvalue weighted by molar-refractivity contribution is -0.145. The van der Waals surface area contributed by atoms with Gasteiger partial charge in [-0.05, 0) is 92.6 Å². The SMILES string of the molecule is CC(C)C1CCC(C2c3cc(OC(N)=O)ccc3C3(CCNCC3)C(=O)N2CCNS(C)(=O)=O)CC1. The number of hydrogen-bond donors (Lipinski definition) is 3. The van der Waals surface area contributed by atoms with Gasteiger partial charge in [-0.1, -0.05) is 19.9 Å². The van der Waals surface area contributed by atoms with Crippen molar-refractivity contribution in [2.75, 3.05) is 32.4 Å². The highest BCUT2D eigenvalue weighted by atomic mass is 32.2. The topological polar surface area (TPSA) is 131 Å². The number of primary amides is 1. The Balaban J connectivity index is 1.78. The summed E-state index contributed by atoms with van der Waals surface area (Å²) in [4.78, 5) is 27.8. The smallest absolute Gasteiger partial charge is 0.409 e. The summed E-state index contributed by atoms with van der Waals surface area (Å²) in [6.07, 6.45) is 5.77. The minimum atomic E-state index is -3.38. The summed E-state index contributed by atoms with van der Waals surface area (Å²) < 4.78 is 31.4. The van der Waals surface area contributed by atoms with Gasteiger partial charge in [-0.3, -0.25) is 4.79 Å². The largest absolute Gasteiger partial charge is 0.410 e. The van der Waals surface area contributed by atoms with Gasteiger partial charge in [-0.2, -0.15) is 0 Å². The number of fused-ring (bicyclic) bond motifs is 2. The average Bonchev–Trinajstić information content (AvgIpc) is 2.82. The lowest BCUT2D eigenvalue weighted by Gasteiger charge is -2.52. The summed E-state index contributed by atoms with van der Waals surface area (Å²) in [7, 11) is -3.38. The number of sulfonamides is 1. The lowest BCUT2D eigenvalue weighted by atomic mass is 9.63. The van der Waals surface area contributed by atoms with Gasteiger partial charge >= 0.3 is 6.09 Å². The van der Waals surface area contributed by atoms with Crippen LogP contribution in [0.1, 0.15) is 69.5 Å². The zero-order chi connectivity index (χ0) is 26.1. The molecule has 1 saturated heterocycles. The first-order valence-corrected chi connectivity index (χ1v) is 15.0. The number of carbonyl (C=O) groups excluding carboxylic acids is 2. The molecule has 1 atom stereocenters. The molecule has 2 aliphatic heterocycles. The molecular weight excluding hydrogens is 480 g/mol. The van der Waals surface area contributed by atoms with Crippen LogP contribution >= 0.6 is 0 Å². The number of piperidine rings is 1. The minimum absolute atomic E-state index is 0.0753. The predicted octanol–water partition coefficient (Wildman–Crippen LogP) is 2.66. The van der Waals surface area contributed by atoms with Crippen LogP contribution in [0.5, 0.6) is 5.75 Å². The molecule has 9 nitrogen and oxygen atoms in total. The molecule has 2 amide bonds. The molecule has 36 heavy (non-hydrogen) atoms. The lowest BCUT2D eigenvalue weighted by Crippen LogP contribution is -2.59. The van der Waals surface area contributed by atoms with E-state index in [0.717, 1.165) is 56.2 Å². The normalized spacial score (nSPS) is 26.2. The molecule has 2 heterocycles. The highest BCUT2D eigenvalue weighted by Crippen LogP contribution is 2.51. The maximum absolute atomic E-state index is 14.3. The van der Waals surface area contributed by atoms with Gasteiger partial charge in [-0.15, -0.1) is 0 Å². The second-order valence-electron chi connectivity index (χ2n) is 11.0. The third-order valence-corrected chi connectivity index (χ3v) is 9.19. The third kappa shape index (κ3) is 5.55. The van der Waals surface area contributed by atoms with Crippen molar-refractivity contribution in [1.82, 2.24) is 14.9 Å². The van der Waals surface area contributed by atoms with Crippen LogP contribution < -0.4 is 20.5 Å². The number of nitrogens with one attached hydrogen (secondary N) is 2. The van der Waals surface area contributed by atoms with Gasteiger partial charge in [-0.25, -0.2) is 17.9 Å². The first-order chi connectivity index (χ1) is 17.0. The van der Waals surface area contributed by atoms with E-state index in [1.54, 1.807) is 6.07 Å². The van der Waals surface area contributed by atoms with Crippen molar-refractivity contribution in [1.29, 1.82) is 0 Å². The van der Waals surface area contributed by atoms with Gasteiger partial charge in [0.05, 0.1) is 17.7 Å². The number of carbonyl (C=O) groups is 2. The van der Waals surface area contributed by atoms with Crippen molar-refractivity contribution < 1.29 is 22.7 Å². The predicted molar refractivity (Wildman–Crippen MR) is 138 cm³/mol. The molecule has 1 unspecified atom stereocenters. The van der Waals surface area contributed by atoms with E-state index in [1.165, 1.54) is 0 Å². The van der Waals surface area contributed by atoms with Crippen molar-refractivity contribution in [3.05, 3.63) is 29.3 Å².